The van der Waals surface area contributed by atoms with Crippen LogP contribution in [0, 0.1) is 0 Å². The molecule has 2 rings (SSSR count). The summed E-state index contributed by atoms with van der Waals surface area (Å²) in [6.45, 7) is 1.10. The van der Waals surface area contributed by atoms with Crippen molar-refractivity contribution >= 4 is 0 Å². The van der Waals surface area contributed by atoms with Crippen LogP contribution in [-0.4, -0.2) is 18.6 Å². The Hall–Kier alpha value is -1.09. The predicted octanol–water partition coefficient (Wildman–Crippen LogP) is 1.90. The first-order valence-electron chi connectivity index (χ1n) is 5.14. The zero-order valence-electron chi connectivity index (χ0n) is 8.49. The maximum atomic E-state index is 5.25. The molecular weight excluding hydrogens is 176 g/mol. The highest BCUT2D eigenvalue weighted by atomic mass is 16.5. The molecule has 0 amide bonds. The molecule has 1 aromatic rings. The van der Waals surface area contributed by atoms with Crippen molar-refractivity contribution in [2.45, 2.75) is 25.3 Å². The number of rotatable bonds is 2. The van der Waals surface area contributed by atoms with Gasteiger partial charge in [0.2, 0.25) is 5.88 Å². The Bertz CT molecular complexity index is 295. The van der Waals surface area contributed by atoms with E-state index in [1.807, 2.05) is 6.07 Å². The zero-order valence-corrected chi connectivity index (χ0v) is 8.49. The van der Waals surface area contributed by atoms with Crippen molar-refractivity contribution in [3.8, 4) is 5.88 Å². The van der Waals surface area contributed by atoms with Crippen LogP contribution in [0.5, 0.6) is 5.88 Å². The Morgan fingerprint density at radius 1 is 1.50 bits per heavy atom. The van der Waals surface area contributed by atoms with Gasteiger partial charge >= 0.3 is 0 Å². The molecule has 3 nitrogen and oxygen atoms in total. The number of nitrogens with one attached hydrogen (secondary N) is 1. The van der Waals surface area contributed by atoms with Crippen LogP contribution in [0.1, 0.15) is 30.9 Å². The van der Waals surface area contributed by atoms with Crippen molar-refractivity contribution < 1.29 is 4.74 Å². The molecule has 1 atom stereocenters. The average Bonchev–Trinajstić information content (AvgIpc) is 2.30. The molecule has 1 N–H and O–H groups in total. The minimum atomic E-state index is 0.424. The number of pyridine rings is 1. The number of aromatic nitrogens is 1. The smallest absolute Gasteiger partial charge is 0.217 e. The lowest BCUT2D eigenvalue weighted by Crippen LogP contribution is -2.27. The van der Waals surface area contributed by atoms with Crippen molar-refractivity contribution in [2.75, 3.05) is 13.7 Å². The molecule has 0 saturated carbocycles. The molecule has 1 saturated heterocycles. The number of nitrogens with zero attached hydrogens (tertiary/aromatic N) is 1. The number of methoxy groups -OCH3 is 1. The van der Waals surface area contributed by atoms with E-state index in [9.17, 15) is 0 Å². The summed E-state index contributed by atoms with van der Waals surface area (Å²) >= 11 is 0. The van der Waals surface area contributed by atoms with Gasteiger partial charge in [-0.1, -0.05) is 12.5 Å². The first kappa shape index (κ1) is 9.46. The highest BCUT2D eigenvalue weighted by Crippen LogP contribution is 2.28. The van der Waals surface area contributed by atoms with Gasteiger partial charge in [0.05, 0.1) is 7.11 Å². The molecule has 1 aromatic heterocycles. The first-order valence-corrected chi connectivity index (χ1v) is 5.14. The van der Waals surface area contributed by atoms with Crippen LogP contribution in [0.2, 0.25) is 0 Å². The minimum absolute atomic E-state index is 0.424. The van der Waals surface area contributed by atoms with Gasteiger partial charge in [0.25, 0.3) is 0 Å². The molecule has 0 aliphatic carbocycles. The fourth-order valence-corrected chi connectivity index (χ4v) is 1.96. The number of hydrogen-bond acceptors (Lipinski definition) is 3. The van der Waals surface area contributed by atoms with Gasteiger partial charge in [-0.15, -0.1) is 0 Å². The van der Waals surface area contributed by atoms with Gasteiger partial charge in [0, 0.05) is 17.8 Å². The molecule has 0 spiro atoms. The third-order valence-corrected chi connectivity index (χ3v) is 2.68. The Balaban J connectivity index is 2.20. The zero-order chi connectivity index (χ0) is 9.80. The molecule has 1 aliphatic rings. The fourth-order valence-electron chi connectivity index (χ4n) is 1.96. The summed E-state index contributed by atoms with van der Waals surface area (Å²) in [6, 6.07) is 4.48. The van der Waals surface area contributed by atoms with E-state index in [1.165, 1.54) is 24.8 Å². The van der Waals surface area contributed by atoms with Crippen LogP contribution in [0.15, 0.2) is 18.3 Å². The molecule has 1 aliphatic heterocycles. The van der Waals surface area contributed by atoms with Crippen LogP contribution >= 0.6 is 0 Å². The summed E-state index contributed by atoms with van der Waals surface area (Å²) in [4.78, 5) is 4.21. The molecule has 2 heterocycles. The standard InChI is InChI=1S/C11H16N2O/c1-14-11-9(5-4-8-13-11)10-6-2-3-7-12-10/h4-5,8,10,12H,2-3,6-7H2,1H3. The van der Waals surface area contributed by atoms with Crippen LogP contribution < -0.4 is 10.1 Å². The molecule has 0 bridgehead atoms. The van der Waals surface area contributed by atoms with Gasteiger partial charge in [-0.25, -0.2) is 4.98 Å². The molecule has 76 valence electrons. The summed E-state index contributed by atoms with van der Waals surface area (Å²) in [5.74, 6) is 0.756. The Labute approximate surface area is 84.5 Å². The number of piperidine rings is 1. The first-order chi connectivity index (χ1) is 6.92. The Kier molecular flexibility index (Phi) is 2.99. The lowest BCUT2D eigenvalue weighted by Gasteiger charge is -2.24. The average molecular weight is 192 g/mol. The summed E-state index contributed by atoms with van der Waals surface area (Å²) in [6.07, 6.45) is 5.52. The van der Waals surface area contributed by atoms with E-state index < -0.39 is 0 Å². The van der Waals surface area contributed by atoms with Crippen molar-refractivity contribution in [3.05, 3.63) is 23.9 Å². The highest BCUT2D eigenvalue weighted by Gasteiger charge is 2.18. The van der Waals surface area contributed by atoms with Gasteiger partial charge in [-0.2, -0.15) is 0 Å². The van der Waals surface area contributed by atoms with E-state index in [1.54, 1.807) is 13.3 Å². The molecule has 14 heavy (non-hydrogen) atoms. The second-order valence-corrected chi connectivity index (χ2v) is 3.60. The van der Waals surface area contributed by atoms with E-state index in [4.69, 9.17) is 4.74 Å². The van der Waals surface area contributed by atoms with Gasteiger partial charge in [0.1, 0.15) is 0 Å². The quantitative estimate of drug-likeness (QED) is 0.777. The maximum Gasteiger partial charge on any atom is 0.217 e. The molecule has 0 radical (unpaired) electrons. The number of ether oxygens (including phenoxy) is 1. The summed E-state index contributed by atoms with van der Waals surface area (Å²) in [7, 11) is 1.68. The minimum Gasteiger partial charge on any atom is -0.481 e. The van der Waals surface area contributed by atoms with Gasteiger partial charge in [0.15, 0.2) is 0 Å². The monoisotopic (exact) mass is 192 g/mol. The number of hydrogen-bond donors (Lipinski definition) is 1. The van der Waals surface area contributed by atoms with Crippen LogP contribution in [0.3, 0.4) is 0 Å². The van der Waals surface area contributed by atoms with E-state index in [2.05, 4.69) is 16.4 Å². The van der Waals surface area contributed by atoms with E-state index in [-0.39, 0.29) is 0 Å². The SMILES string of the molecule is COc1ncccc1C1CCCCN1. The molecule has 3 heteroatoms. The van der Waals surface area contributed by atoms with Crippen LogP contribution in [-0.2, 0) is 0 Å². The molecular formula is C11H16N2O. The lowest BCUT2D eigenvalue weighted by molar-refractivity contribution is 0.362. The summed E-state index contributed by atoms with van der Waals surface area (Å²) in [5.41, 5.74) is 1.19. The molecule has 0 aromatic carbocycles. The summed E-state index contributed by atoms with van der Waals surface area (Å²) < 4.78 is 5.25. The van der Waals surface area contributed by atoms with Gasteiger partial charge < -0.3 is 10.1 Å². The Morgan fingerprint density at radius 2 is 2.43 bits per heavy atom. The third-order valence-electron chi connectivity index (χ3n) is 2.68. The second kappa shape index (κ2) is 4.42. The van der Waals surface area contributed by atoms with Gasteiger partial charge in [-0.05, 0) is 25.5 Å². The fraction of sp³-hybridized carbons (Fsp3) is 0.545. The van der Waals surface area contributed by atoms with Crippen molar-refractivity contribution in [1.82, 2.24) is 10.3 Å². The van der Waals surface area contributed by atoms with Crippen molar-refractivity contribution in [3.63, 3.8) is 0 Å². The Morgan fingerprint density at radius 3 is 3.14 bits per heavy atom. The predicted molar refractivity (Wildman–Crippen MR) is 55.4 cm³/mol. The molecule has 1 fully saturated rings. The normalized spacial score (nSPS) is 21.9. The lowest BCUT2D eigenvalue weighted by atomic mass is 9.98. The topological polar surface area (TPSA) is 34.1 Å². The van der Waals surface area contributed by atoms with E-state index in [0.717, 1.165) is 12.4 Å². The van der Waals surface area contributed by atoms with Crippen LogP contribution in [0.4, 0.5) is 0 Å². The molecule has 1 unspecified atom stereocenters. The third kappa shape index (κ3) is 1.87. The van der Waals surface area contributed by atoms with Crippen molar-refractivity contribution in [1.29, 1.82) is 0 Å². The largest absolute Gasteiger partial charge is 0.481 e. The van der Waals surface area contributed by atoms with Crippen molar-refractivity contribution in [2.24, 2.45) is 0 Å². The second-order valence-electron chi connectivity index (χ2n) is 3.60. The van der Waals surface area contributed by atoms with E-state index in [0.29, 0.717) is 6.04 Å². The highest BCUT2D eigenvalue weighted by molar-refractivity contribution is 5.29. The van der Waals surface area contributed by atoms with Crippen LogP contribution in [0.25, 0.3) is 0 Å². The van der Waals surface area contributed by atoms with E-state index >= 15 is 0 Å². The summed E-state index contributed by atoms with van der Waals surface area (Å²) in [5, 5.41) is 3.49. The van der Waals surface area contributed by atoms with Gasteiger partial charge in [-0.3, -0.25) is 0 Å². The maximum absolute atomic E-state index is 5.25.